The summed E-state index contributed by atoms with van der Waals surface area (Å²) in [6, 6.07) is 1.95. The summed E-state index contributed by atoms with van der Waals surface area (Å²) in [5.74, 6) is 0.631. The number of ether oxygens (including phenoxy) is 1. The largest absolute Gasteiger partial charge is 0.444 e. The summed E-state index contributed by atoms with van der Waals surface area (Å²) in [5.41, 5.74) is 0.742. The fraction of sp³-hybridized carbons (Fsp3) is 0.583. The van der Waals surface area contributed by atoms with Gasteiger partial charge in [0.25, 0.3) is 5.91 Å². The molecule has 30 heavy (non-hydrogen) atoms. The van der Waals surface area contributed by atoms with Crippen molar-refractivity contribution in [2.45, 2.75) is 66.9 Å². The number of allylic oxidation sites excluding steroid dienone is 2. The summed E-state index contributed by atoms with van der Waals surface area (Å²) in [7, 11) is 0. The fourth-order valence-corrected chi connectivity index (χ4v) is 3.87. The topological polar surface area (TPSA) is 58.6 Å². The Morgan fingerprint density at radius 1 is 1.30 bits per heavy atom. The molecule has 1 aromatic rings. The number of hydrogen-bond acceptors (Lipinski definition) is 4. The van der Waals surface area contributed by atoms with Crippen LogP contribution in [-0.4, -0.2) is 42.1 Å². The Balaban J connectivity index is 0.000000311. The molecule has 6 heteroatoms. The first kappa shape index (κ1) is 26.0. The van der Waals surface area contributed by atoms with Gasteiger partial charge in [0.1, 0.15) is 5.60 Å². The smallest absolute Gasteiger partial charge is 0.410 e. The van der Waals surface area contributed by atoms with Crippen molar-refractivity contribution in [2.75, 3.05) is 19.6 Å². The molecule has 1 aliphatic rings. The van der Waals surface area contributed by atoms with Crippen LogP contribution in [0, 0.1) is 5.92 Å². The van der Waals surface area contributed by atoms with Gasteiger partial charge in [0, 0.05) is 24.5 Å². The van der Waals surface area contributed by atoms with Gasteiger partial charge in [0.2, 0.25) is 0 Å². The van der Waals surface area contributed by atoms with Crippen molar-refractivity contribution in [2.24, 2.45) is 5.92 Å². The third-order valence-corrected chi connectivity index (χ3v) is 5.39. The lowest BCUT2D eigenvalue weighted by atomic mass is 10.2. The van der Waals surface area contributed by atoms with Crippen molar-refractivity contribution in [1.29, 1.82) is 0 Å². The van der Waals surface area contributed by atoms with Crippen molar-refractivity contribution in [1.82, 2.24) is 10.2 Å². The lowest BCUT2D eigenvalue weighted by Crippen LogP contribution is -2.35. The molecule has 5 nitrogen and oxygen atoms in total. The van der Waals surface area contributed by atoms with Crippen LogP contribution in [0.1, 0.15) is 81.4 Å². The molecule has 1 atom stereocenters. The minimum absolute atomic E-state index is 0.0133. The van der Waals surface area contributed by atoms with Gasteiger partial charge in [-0.1, -0.05) is 32.1 Å². The average Bonchev–Trinajstić information content (AvgIpc) is 3.26. The van der Waals surface area contributed by atoms with Crippen LogP contribution in [0.4, 0.5) is 4.79 Å². The van der Waals surface area contributed by atoms with Gasteiger partial charge < -0.3 is 15.0 Å². The summed E-state index contributed by atoms with van der Waals surface area (Å²) >= 11 is 1.54. The van der Waals surface area contributed by atoms with Crippen LogP contribution in [-0.2, 0) is 4.74 Å². The van der Waals surface area contributed by atoms with Gasteiger partial charge in [-0.3, -0.25) is 4.79 Å². The molecule has 1 aliphatic heterocycles. The third kappa shape index (κ3) is 9.16. The second-order valence-electron chi connectivity index (χ2n) is 8.42. The maximum absolute atomic E-state index is 11.7. The molecule has 0 spiro atoms. The lowest BCUT2D eigenvalue weighted by Gasteiger charge is -2.24. The summed E-state index contributed by atoms with van der Waals surface area (Å²) in [4.78, 5) is 27.0. The van der Waals surface area contributed by atoms with E-state index in [1.165, 1.54) is 11.3 Å². The highest BCUT2D eigenvalue weighted by atomic mass is 32.1. The highest BCUT2D eigenvalue weighted by molar-refractivity contribution is 7.15. The van der Waals surface area contributed by atoms with Gasteiger partial charge in [-0.05, 0) is 71.1 Å². The van der Waals surface area contributed by atoms with E-state index in [2.05, 4.69) is 31.3 Å². The number of nitrogens with zero attached hydrogens (tertiary/aromatic N) is 1. The first-order valence-electron chi connectivity index (χ1n) is 10.8. The van der Waals surface area contributed by atoms with E-state index in [9.17, 15) is 9.59 Å². The van der Waals surface area contributed by atoms with E-state index in [1.807, 2.05) is 52.8 Å². The van der Waals surface area contributed by atoms with Crippen LogP contribution >= 0.6 is 11.3 Å². The first-order chi connectivity index (χ1) is 14.1. The number of rotatable bonds is 5. The molecule has 1 fully saturated rings. The normalized spacial score (nSPS) is 16.6. The maximum Gasteiger partial charge on any atom is 0.410 e. The van der Waals surface area contributed by atoms with Crippen molar-refractivity contribution in [3.8, 4) is 0 Å². The molecular weight excluding hydrogens is 396 g/mol. The molecule has 0 aliphatic carbocycles. The molecule has 1 aromatic heterocycles. The predicted octanol–water partition coefficient (Wildman–Crippen LogP) is 6.22. The number of likely N-dealkylation sites (tertiary alicyclic amines) is 1. The Morgan fingerprint density at radius 3 is 2.50 bits per heavy atom. The van der Waals surface area contributed by atoms with E-state index >= 15 is 0 Å². The van der Waals surface area contributed by atoms with E-state index < -0.39 is 0 Å². The maximum atomic E-state index is 11.7. The Morgan fingerprint density at radius 2 is 2.00 bits per heavy atom. The summed E-state index contributed by atoms with van der Waals surface area (Å²) in [6.45, 7) is 16.2. The summed E-state index contributed by atoms with van der Waals surface area (Å²) in [5, 5.41) is 2.82. The lowest BCUT2D eigenvalue weighted by molar-refractivity contribution is 0.0289. The molecule has 0 bridgehead atoms. The molecule has 2 amide bonds. The zero-order valence-corrected chi connectivity index (χ0v) is 20.4. The van der Waals surface area contributed by atoms with Crippen LogP contribution < -0.4 is 5.32 Å². The molecule has 0 aromatic carbocycles. The number of carbonyl (C=O) groups excluding carboxylic acids is 2. The van der Waals surface area contributed by atoms with E-state index in [4.69, 9.17) is 4.74 Å². The van der Waals surface area contributed by atoms with Crippen LogP contribution in [0.5, 0.6) is 0 Å². The van der Waals surface area contributed by atoms with E-state index in [0.717, 1.165) is 41.2 Å². The predicted molar refractivity (Wildman–Crippen MR) is 128 cm³/mol. The number of nitrogens with one attached hydrogen (secondary N) is 1. The molecule has 1 N–H and O–H groups in total. The number of hydrogen-bond donors (Lipinski definition) is 1. The first-order valence-corrected chi connectivity index (χ1v) is 11.6. The quantitative estimate of drug-likeness (QED) is 0.599. The summed E-state index contributed by atoms with van der Waals surface area (Å²) < 4.78 is 5.26. The van der Waals surface area contributed by atoms with Gasteiger partial charge >= 0.3 is 6.09 Å². The van der Waals surface area contributed by atoms with Crippen molar-refractivity contribution in [3.05, 3.63) is 33.5 Å². The Kier molecular flexibility index (Phi) is 10.9. The Hall–Kier alpha value is -2.08. The highest BCUT2D eigenvalue weighted by Gasteiger charge is 2.27. The molecule has 1 unspecified atom stereocenters. The van der Waals surface area contributed by atoms with Gasteiger partial charge in [0.05, 0.1) is 4.88 Å². The highest BCUT2D eigenvalue weighted by Crippen LogP contribution is 2.25. The van der Waals surface area contributed by atoms with Crippen LogP contribution in [0.15, 0.2) is 18.2 Å². The Labute approximate surface area is 186 Å². The number of thiophene rings is 1. The zero-order valence-electron chi connectivity index (χ0n) is 19.6. The second-order valence-corrected chi connectivity index (χ2v) is 9.50. The molecular formula is C24H38N2O3S. The van der Waals surface area contributed by atoms with Gasteiger partial charge in [-0.25, -0.2) is 4.79 Å². The molecule has 168 valence electrons. The minimum atomic E-state index is -0.372. The molecule has 1 saturated heterocycles. The third-order valence-electron chi connectivity index (χ3n) is 4.28. The van der Waals surface area contributed by atoms with E-state index in [-0.39, 0.29) is 17.6 Å². The fourth-order valence-electron chi connectivity index (χ4n) is 2.87. The van der Waals surface area contributed by atoms with E-state index in [1.54, 1.807) is 4.90 Å². The van der Waals surface area contributed by atoms with Gasteiger partial charge in [0.15, 0.2) is 0 Å². The van der Waals surface area contributed by atoms with Crippen molar-refractivity contribution in [3.63, 3.8) is 0 Å². The summed E-state index contributed by atoms with van der Waals surface area (Å²) in [6.07, 6.45) is 10.2. The standard InChI is InChI=1S/C14H19NOS.C10H19NO2/c1-4-7-9-12-11(8-5-2)10-13(17-12)14(16)15-6-3;1-8-5-6-11(7-8)9(12)13-10(2,3)4/h5,7-10H,4,6H2,1-3H3,(H,15,16);8H,5-7H2,1-4H3/b8-5-,9-7+;. The molecule has 0 radical (unpaired) electrons. The van der Waals surface area contributed by atoms with Crippen LogP contribution in [0.2, 0.25) is 0 Å². The molecule has 0 saturated carbocycles. The number of carbonyl (C=O) groups is 2. The second kappa shape index (κ2) is 12.6. The minimum Gasteiger partial charge on any atom is -0.444 e. The SMILES string of the molecule is C/C=C\c1cc(C(=O)NCC)sc1/C=C/CC.CC1CCN(C(=O)OC(C)(C)C)C1. The monoisotopic (exact) mass is 434 g/mol. The van der Waals surface area contributed by atoms with E-state index in [0.29, 0.717) is 12.5 Å². The average molecular weight is 435 g/mol. The van der Waals surface area contributed by atoms with Gasteiger partial charge in [-0.15, -0.1) is 11.3 Å². The van der Waals surface area contributed by atoms with Crippen molar-refractivity contribution >= 4 is 35.5 Å². The van der Waals surface area contributed by atoms with Gasteiger partial charge in [-0.2, -0.15) is 0 Å². The zero-order chi connectivity index (χ0) is 22.7. The van der Waals surface area contributed by atoms with Crippen LogP contribution in [0.25, 0.3) is 12.2 Å². The molecule has 2 rings (SSSR count). The molecule has 2 heterocycles. The Bertz CT molecular complexity index is 744. The van der Waals surface area contributed by atoms with Crippen molar-refractivity contribution < 1.29 is 14.3 Å². The van der Waals surface area contributed by atoms with Crippen LogP contribution in [0.3, 0.4) is 0 Å². The number of amides is 2.